The molecule has 0 bridgehead atoms. The average Bonchev–Trinajstić information content (AvgIpc) is 2.77. The van der Waals surface area contributed by atoms with Crippen molar-refractivity contribution in [2.24, 2.45) is 0 Å². The molecule has 2 rings (SSSR count). The average molecular weight is 221 g/mol. The number of aromatic carboxylic acids is 1. The lowest BCUT2D eigenvalue weighted by Crippen LogP contribution is -2.22. The third-order valence-electron chi connectivity index (χ3n) is 2.94. The third kappa shape index (κ3) is 2.17. The van der Waals surface area contributed by atoms with Crippen molar-refractivity contribution in [3.8, 4) is 0 Å². The van der Waals surface area contributed by atoms with Gasteiger partial charge in [-0.25, -0.2) is 4.79 Å². The molecule has 0 saturated carbocycles. The number of hydrogen-bond donors (Lipinski definition) is 1. The van der Waals surface area contributed by atoms with Crippen LogP contribution in [0.3, 0.4) is 0 Å². The first-order valence-electron chi connectivity index (χ1n) is 5.32. The maximum Gasteiger partial charge on any atom is 0.335 e. The molecule has 1 unspecified atom stereocenters. The number of carbonyl (C=O) groups is 1. The van der Waals surface area contributed by atoms with E-state index in [0.29, 0.717) is 5.56 Å². The van der Waals surface area contributed by atoms with Gasteiger partial charge in [0.05, 0.1) is 11.7 Å². The van der Waals surface area contributed by atoms with E-state index >= 15 is 0 Å². The Morgan fingerprint density at radius 2 is 2.38 bits per heavy atom. The van der Waals surface area contributed by atoms with Crippen LogP contribution in [0.25, 0.3) is 0 Å². The van der Waals surface area contributed by atoms with Crippen molar-refractivity contribution in [1.82, 2.24) is 0 Å². The summed E-state index contributed by atoms with van der Waals surface area (Å²) in [6.45, 7) is 1.75. The zero-order valence-electron chi connectivity index (χ0n) is 9.22. The first kappa shape index (κ1) is 11.0. The van der Waals surface area contributed by atoms with Crippen molar-refractivity contribution < 1.29 is 14.6 Å². The fourth-order valence-electron chi connectivity index (χ4n) is 1.99. The molecule has 1 atom stereocenters. The molecule has 0 amide bonds. The summed E-state index contributed by atoms with van der Waals surface area (Å²) in [7, 11) is 1.71. The minimum absolute atomic E-state index is 0.258. The van der Waals surface area contributed by atoms with E-state index in [-0.39, 0.29) is 6.10 Å². The highest BCUT2D eigenvalue weighted by Crippen LogP contribution is 2.22. The second-order valence-corrected chi connectivity index (χ2v) is 3.95. The van der Waals surface area contributed by atoms with Gasteiger partial charge in [0.2, 0.25) is 0 Å². The Hall–Kier alpha value is -1.55. The van der Waals surface area contributed by atoms with Crippen molar-refractivity contribution in [1.29, 1.82) is 0 Å². The van der Waals surface area contributed by atoms with E-state index in [2.05, 4.69) is 4.90 Å². The molecule has 4 heteroatoms. The SMILES string of the molecule is COC1CCN(c2cccc(C(=O)O)c2)C1. The molecule has 1 N–H and O–H groups in total. The maximum atomic E-state index is 10.8. The van der Waals surface area contributed by atoms with Gasteiger partial charge in [-0.15, -0.1) is 0 Å². The van der Waals surface area contributed by atoms with Gasteiger partial charge in [0, 0.05) is 25.9 Å². The first-order valence-corrected chi connectivity index (χ1v) is 5.32. The fourth-order valence-corrected chi connectivity index (χ4v) is 1.99. The van der Waals surface area contributed by atoms with Gasteiger partial charge in [0.25, 0.3) is 0 Å². The second-order valence-electron chi connectivity index (χ2n) is 3.95. The lowest BCUT2D eigenvalue weighted by atomic mass is 10.2. The predicted molar refractivity (Wildman–Crippen MR) is 61.0 cm³/mol. The molecule has 4 nitrogen and oxygen atoms in total. The Morgan fingerprint density at radius 3 is 3.00 bits per heavy atom. The van der Waals surface area contributed by atoms with Gasteiger partial charge in [-0.05, 0) is 24.6 Å². The van der Waals surface area contributed by atoms with Crippen LogP contribution in [0.1, 0.15) is 16.8 Å². The Balaban J connectivity index is 2.15. The van der Waals surface area contributed by atoms with E-state index in [1.54, 1.807) is 25.3 Å². The van der Waals surface area contributed by atoms with Crippen molar-refractivity contribution >= 4 is 11.7 Å². The number of rotatable bonds is 3. The molecule has 0 aromatic heterocycles. The molecule has 1 aliphatic rings. The molecule has 1 aromatic rings. The number of carboxylic acids is 1. The molecule has 1 aromatic carbocycles. The van der Waals surface area contributed by atoms with Crippen LogP contribution < -0.4 is 4.90 Å². The number of carboxylic acid groups (broad SMARTS) is 1. The van der Waals surface area contributed by atoms with Crippen molar-refractivity contribution in [3.63, 3.8) is 0 Å². The van der Waals surface area contributed by atoms with E-state index in [1.165, 1.54) is 0 Å². The minimum Gasteiger partial charge on any atom is -0.478 e. The Bertz CT molecular complexity index is 392. The summed E-state index contributed by atoms with van der Waals surface area (Å²) in [5, 5.41) is 8.91. The zero-order chi connectivity index (χ0) is 11.5. The highest BCUT2D eigenvalue weighted by atomic mass is 16.5. The number of anilines is 1. The molecule has 1 saturated heterocycles. The highest BCUT2D eigenvalue weighted by Gasteiger charge is 2.22. The molecule has 1 heterocycles. The summed E-state index contributed by atoms with van der Waals surface area (Å²) in [5.74, 6) is -0.885. The quantitative estimate of drug-likeness (QED) is 0.842. The summed E-state index contributed by atoms with van der Waals surface area (Å²) in [6.07, 6.45) is 1.25. The van der Waals surface area contributed by atoms with E-state index < -0.39 is 5.97 Å². The third-order valence-corrected chi connectivity index (χ3v) is 2.94. The summed E-state index contributed by atoms with van der Waals surface area (Å²) in [5.41, 5.74) is 1.29. The molecule has 16 heavy (non-hydrogen) atoms. The van der Waals surface area contributed by atoms with Gasteiger partial charge >= 0.3 is 5.97 Å². The van der Waals surface area contributed by atoms with Gasteiger partial charge in [0.1, 0.15) is 0 Å². The van der Waals surface area contributed by atoms with Gasteiger partial charge in [-0.3, -0.25) is 0 Å². The molecule has 0 spiro atoms. The Labute approximate surface area is 94.4 Å². The Morgan fingerprint density at radius 1 is 1.56 bits per heavy atom. The van der Waals surface area contributed by atoms with Gasteiger partial charge < -0.3 is 14.7 Å². The second kappa shape index (κ2) is 4.53. The summed E-state index contributed by atoms with van der Waals surface area (Å²) < 4.78 is 5.28. The highest BCUT2D eigenvalue weighted by molar-refractivity contribution is 5.88. The number of nitrogens with zero attached hydrogens (tertiary/aromatic N) is 1. The van der Waals surface area contributed by atoms with E-state index in [0.717, 1.165) is 25.2 Å². The van der Waals surface area contributed by atoms with Crippen LogP contribution in [0.5, 0.6) is 0 Å². The summed E-state index contributed by atoms with van der Waals surface area (Å²) >= 11 is 0. The number of ether oxygens (including phenoxy) is 1. The summed E-state index contributed by atoms with van der Waals surface area (Å²) in [4.78, 5) is 13.0. The molecule has 0 aliphatic carbocycles. The van der Waals surface area contributed by atoms with E-state index in [9.17, 15) is 4.79 Å². The standard InChI is InChI=1S/C12H15NO3/c1-16-11-5-6-13(8-11)10-4-2-3-9(7-10)12(14)15/h2-4,7,11H,5-6,8H2,1H3,(H,14,15). The molecule has 0 radical (unpaired) electrons. The van der Waals surface area contributed by atoms with Crippen LogP contribution in [0, 0.1) is 0 Å². The monoisotopic (exact) mass is 221 g/mol. The maximum absolute atomic E-state index is 10.8. The minimum atomic E-state index is -0.885. The van der Waals surface area contributed by atoms with E-state index in [4.69, 9.17) is 9.84 Å². The van der Waals surface area contributed by atoms with Crippen LogP contribution in [0.2, 0.25) is 0 Å². The predicted octanol–water partition coefficient (Wildman–Crippen LogP) is 1.61. The van der Waals surface area contributed by atoms with Crippen LogP contribution >= 0.6 is 0 Å². The molecule has 1 aliphatic heterocycles. The molecular formula is C12H15NO3. The van der Waals surface area contributed by atoms with Crippen LogP contribution in [-0.4, -0.2) is 37.4 Å². The number of methoxy groups -OCH3 is 1. The largest absolute Gasteiger partial charge is 0.478 e. The smallest absolute Gasteiger partial charge is 0.335 e. The van der Waals surface area contributed by atoms with Crippen LogP contribution in [0.4, 0.5) is 5.69 Å². The molecule has 1 fully saturated rings. The summed E-state index contributed by atoms with van der Waals surface area (Å²) in [6, 6.07) is 7.03. The van der Waals surface area contributed by atoms with E-state index in [1.807, 2.05) is 6.07 Å². The van der Waals surface area contributed by atoms with Crippen molar-refractivity contribution in [3.05, 3.63) is 29.8 Å². The normalized spacial score (nSPS) is 20.1. The topological polar surface area (TPSA) is 49.8 Å². The zero-order valence-corrected chi connectivity index (χ0v) is 9.22. The first-order chi connectivity index (χ1) is 7.70. The lowest BCUT2D eigenvalue weighted by molar-refractivity contribution is 0.0697. The number of hydrogen-bond acceptors (Lipinski definition) is 3. The molecule has 86 valence electrons. The lowest BCUT2D eigenvalue weighted by Gasteiger charge is -2.18. The van der Waals surface area contributed by atoms with Gasteiger partial charge in [-0.2, -0.15) is 0 Å². The van der Waals surface area contributed by atoms with Crippen LogP contribution in [-0.2, 0) is 4.74 Å². The van der Waals surface area contributed by atoms with Gasteiger partial charge in [0.15, 0.2) is 0 Å². The molecular weight excluding hydrogens is 206 g/mol. The fraction of sp³-hybridized carbons (Fsp3) is 0.417. The van der Waals surface area contributed by atoms with Crippen molar-refractivity contribution in [2.45, 2.75) is 12.5 Å². The van der Waals surface area contributed by atoms with Gasteiger partial charge in [-0.1, -0.05) is 6.07 Å². The number of benzene rings is 1. The van der Waals surface area contributed by atoms with Crippen molar-refractivity contribution in [2.75, 3.05) is 25.1 Å². The Kier molecular flexibility index (Phi) is 3.10. The van der Waals surface area contributed by atoms with Crippen LogP contribution in [0.15, 0.2) is 24.3 Å².